The number of nitrogens with one attached hydrogen (secondary N) is 1. The van der Waals surface area contributed by atoms with Crippen LogP contribution in [0, 0.1) is 5.82 Å². The summed E-state index contributed by atoms with van der Waals surface area (Å²) < 4.78 is 14.7. The van der Waals surface area contributed by atoms with Crippen molar-refractivity contribution in [3.8, 4) is 0 Å². The molecule has 0 aliphatic rings. The second-order valence-corrected chi connectivity index (χ2v) is 8.96. The molecule has 0 aliphatic heterocycles. The van der Waals surface area contributed by atoms with Crippen molar-refractivity contribution in [3.05, 3.63) is 69.9 Å². The molecule has 0 aromatic heterocycles. The summed E-state index contributed by atoms with van der Waals surface area (Å²) in [6.07, 6.45) is 1.89. The molecule has 2 amide bonds. The van der Waals surface area contributed by atoms with Crippen molar-refractivity contribution in [2.24, 2.45) is 0 Å². The molecule has 7 heteroatoms. The van der Waals surface area contributed by atoms with Crippen LogP contribution in [0.1, 0.15) is 37.8 Å². The lowest BCUT2D eigenvalue weighted by Crippen LogP contribution is -2.48. The molecule has 0 fully saturated rings. The van der Waals surface area contributed by atoms with Gasteiger partial charge in [-0.05, 0) is 42.7 Å². The molecule has 0 spiro atoms. The van der Waals surface area contributed by atoms with Gasteiger partial charge in [-0.15, -0.1) is 11.8 Å². The lowest BCUT2D eigenvalue weighted by Gasteiger charge is -2.29. The van der Waals surface area contributed by atoms with E-state index in [2.05, 4.69) is 28.2 Å². The van der Waals surface area contributed by atoms with Crippen molar-refractivity contribution in [1.82, 2.24) is 10.2 Å². The molecule has 4 nitrogen and oxygen atoms in total. The fourth-order valence-corrected chi connectivity index (χ4v) is 4.24. The molecular weight excluding hydrogens is 467 g/mol. The van der Waals surface area contributed by atoms with Crippen LogP contribution in [0.5, 0.6) is 0 Å². The Kier molecular flexibility index (Phi) is 10.4. The Morgan fingerprint density at radius 2 is 1.97 bits per heavy atom. The summed E-state index contributed by atoms with van der Waals surface area (Å²) in [5.74, 6) is 0.00209. The molecule has 1 unspecified atom stereocenters. The SMILES string of the molecule is CCCCNC(=O)C(C)N(Cc1cccc(Br)c1)C(=O)CSCc1ccccc1F. The van der Waals surface area contributed by atoms with Gasteiger partial charge < -0.3 is 10.2 Å². The van der Waals surface area contributed by atoms with Gasteiger partial charge in [0.05, 0.1) is 5.75 Å². The molecule has 2 aromatic rings. The summed E-state index contributed by atoms with van der Waals surface area (Å²) in [5, 5.41) is 2.91. The Balaban J connectivity index is 2.05. The highest BCUT2D eigenvalue weighted by molar-refractivity contribution is 9.10. The zero-order chi connectivity index (χ0) is 21.9. The van der Waals surface area contributed by atoms with Crippen LogP contribution in [0.2, 0.25) is 0 Å². The average Bonchev–Trinajstić information content (AvgIpc) is 2.73. The highest BCUT2D eigenvalue weighted by Crippen LogP contribution is 2.19. The second-order valence-electron chi connectivity index (χ2n) is 7.06. The number of benzene rings is 2. The fourth-order valence-electron chi connectivity index (χ4n) is 2.90. The first-order chi connectivity index (χ1) is 14.4. The standard InChI is InChI=1S/C23H28BrFN2O2S/c1-3-4-12-26-23(29)17(2)27(14-18-8-7-10-20(24)13-18)22(28)16-30-15-19-9-5-6-11-21(19)25/h5-11,13,17H,3-4,12,14-16H2,1-2H3,(H,26,29). The van der Waals surface area contributed by atoms with E-state index in [1.807, 2.05) is 24.3 Å². The van der Waals surface area contributed by atoms with E-state index in [0.717, 1.165) is 22.9 Å². The van der Waals surface area contributed by atoms with Crippen molar-refractivity contribution in [1.29, 1.82) is 0 Å². The molecule has 1 N–H and O–H groups in total. The number of rotatable bonds is 11. The van der Waals surface area contributed by atoms with Crippen molar-refractivity contribution in [2.45, 2.75) is 45.0 Å². The molecule has 0 saturated heterocycles. The Hall–Kier alpha value is -1.86. The number of hydrogen-bond donors (Lipinski definition) is 1. The largest absolute Gasteiger partial charge is 0.354 e. The van der Waals surface area contributed by atoms with E-state index in [1.165, 1.54) is 17.8 Å². The van der Waals surface area contributed by atoms with E-state index in [-0.39, 0.29) is 23.4 Å². The maximum Gasteiger partial charge on any atom is 0.242 e. The minimum atomic E-state index is -0.595. The number of halogens is 2. The lowest BCUT2D eigenvalue weighted by atomic mass is 10.1. The summed E-state index contributed by atoms with van der Waals surface area (Å²) >= 11 is 4.80. The second kappa shape index (κ2) is 12.7. The van der Waals surface area contributed by atoms with Gasteiger partial charge in [-0.25, -0.2) is 4.39 Å². The molecule has 2 aromatic carbocycles. The van der Waals surface area contributed by atoms with E-state index >= 15 is 0 Å². The van der Waals surface area contributed by atoms with Crippen LogP contribution in [0.3, 0.4) is 0 Å². The van der Waals surface area contributed by atoms with Crippen LogP contribution in [-0.4, -0.2) is 35.1 Å². The fraction of sp³-hybridized carbons (Fsp3) is 0.391. The van der Waals surface area contributed by atoms with Crippen molar-refractivity contribution in [2.75, 3.05) is 12.3 Å². The van der Waals surface area contributed by atoms with Crippen LogP contribution in [0.15, 0.2) is 53.0 Å². The number of nitrogens with zero attached hydrogens (tertiary/aromatic N) is 1. The normalized spacial score (nSPS) is 11.7. The third kappa shape index (κ3) is 7.76. The molecule has 0 radical (unpaired) electrons. The monoisotopic (exact) mass is 494 g/mol. The zero-order valence-electron chi connectivity index (χ0n) is 17.4. The Morgan fingerprint density at radius 1 is 1.20 bits per heavy atom. The molecule has 0 saturated carbocycles. The van der Waals surface area contributed by atoms with Crippen LogP contribution in [-0.2, 0) is 21.9 Å². The third-order valence-corrected chi connectivity index (χ3v) is 6.14. The lowest BCUT2D eigenvalue weighted by molar-refractivity contribution is -0.138. The first kappa shape index (κ1) is 24.4. The van der Waals surface area contributed by atoms with Gasteiger partial charge in [-0.1, -0.05) is 59.6 Å². The van der Waals surface area contributed by atoms with Crippen molar-refractivity contribution < 1.29 is 14.0 Å². The molecule has 0 bridgehead atoms. The first-order valence-electron chi connectivity index (χ1n) is 10.0. The Labute approximate surface area is 190 Å². The van der Waals surface area contributed by atoms with Gasteiger partial charge in [-0.2, -0.15) is 0 Å². The van der Waals surface area contributed by atoms with E-state index < -0.39 is 6.04 Å². The van der Waals surface area contributed by atoms with Crippen LogP contribution in [0.4, 0.5) is 4.39 Å². The quantitative estimate of drug-likeness (QED) is 0.439. The summed E-state index contributed by atoms with van der Waals surface area (Å²) in [5.41, 5.74) is 1.50. The minimum Gasteiger partial charge on any atom is -0.354 e. The number of thioether (sulfide) groups is 1. The highest BCUT2D eigenvalue weighted by atomic mass is 79.9. The van der Waals surface area contributed by atoms with E-state index in [4.69, 9.17) is 0 Å². The predicted molar refractivity (Wildman–Crippen MR) is 125 cm³/mol. The van der Waals surface area contributed by atoms with Gasteiger partial charge in [0.2, 0.25) is 11.8 Å². The van der Waals surface area contributed by atoms with Gasteiger partial charge in [0.15, 0.2) is 0 Å². The Morgan fingerprint density at radius 3 is 2.67 bits per heavy atom. The van der Waals surface area contributed by atoms with Crippen molar-refractivity contribution in [3.63, 3.8) is 0 Å². The van der Waals surface area contributed by atoms with Gasteiger partial charge in [0.1, 0.15) is 11.9 Å². The highest BCUT2D eigenvalue weighted by Gasteiger charge is 2.26. The maximum absolute atomic E-state index is 13.8. The summed E-state index contributed by atoms with van der Waals surface area (Å²) in [6, 6.07) is 13.7. The van der Waals surface area contributed by atoms with Gasteiger partial charge in [0, 0.05) is 23.3 Å². The number of amides is 2. The van der Waals surface area contributed by atoms with Gasteiger partial charge in [0.25, 0.3) is 0 Å². The number of unbranched alkanes of at least 4 members (excludes halogenated alkanes) is 1. The van der Waals surface area contributed by atoms with Crippen molar-refractivity contribution >= 4 is 39.5 Å². The molecule has 0 heterocycles. The Bertz CT molecular complexity index is 849. The molecule has 30 heavy (non-hydrogen) atoms. The number of carbonyl (C=O) groups excluding carboxylic acids is 2. The first-order valence-corrected chi connectivity index (χ1v) is 12.0. The zero-order valence-corrected chi connectivity index (χ0v) is 19.8. The van der Waals surface area contributed by atoms with Crippen LogP contribution < -0.4 is 5.32 Å². The number of hydrogen-bond acceptors (Lipinski definition) is 3. The molecule has 2 rings (SSSR count). The predicted octanol–water partition coefficient (Wildman–Crippen LogP) is 5.16. The smallest absolute Gasteiger partial charge is 0.242 e. The average molecular weight is 495 g/mol. The van der Waals surface area contributed by atoms with Gasteiger partial charge in [-0.3, -0.25) is 9.59 Å². The maximum atomic E-state index is 13.8. The van der Waals surface area contributed by atoms with Gasteiger partial charge >= 0.3 is 0 Å². The van der Waals surface area contributed by atoms with E-state index in [0.29, 0.717) is 24.4 Å². The minimum absolute atomic E-state index is 0.144. The third-order valence-electron chi connectivity index (χ3n) is 4.68. The topological polar surface area (TPSA) is 49.4 Å². The van der Waals surface area contributed by atoms with E-state index in [9.17, 15) is 14.0 Å². The molecule has 0 aliphatic carbocycles. The summed E-state index contributed by atoms with van der Waals surface area (Å²) in [7, 11) is 0. The molecule has 162 valence electrons. The molecular formula is C23H28BrFN2O2S. The van der Waals surface area contributed by atoms with Crippen LogP contribution in [0.25, 0.3) is 0 Å². The number of carbonyl (C=O) groups is 2. The summed E-state index contributed by atoms with van der Waals surface area (Å²) in [4.78, 5) is 27.2. The molecule has 1 atom stereocenters. The van der Waals surface area contributed by atoms with E-state index in [1.54, 1.807) is 30.0 Å². The summed E-state index contributed by atoms with van der Waals surface area (Å²) in [6.45, 7) is 4.74. The van der Waals surface area contributed by atoms with Crippen LogP contribution >= 0.6 is 27.7 Å².